The number of imidazole rings is 1. The second kappa shape index (κ2) is 30.3. The third-order valence-corrected chi connectivity index (χ3v) is 17.8. The van der Waals surface area contributed by atoms with E-state index < -0.39 is 72.6 Å². The minimum absolute atomic E-state index is 0.0390. The summed E-state index contributed by atoms with van der Waals surface area (Å²) in [6.07, 6.45) is 5.03. The predicted molar refractivity (Wildman–Crippen MR) is 324 cm³/mol. The first-order chi connectivity index (χ1) is 42.4. The number of nitrogens with zero attached hydrogens (tertiary/aromatic N) is 3. The topological polar surface area (TPSA) is 306 Å². The maximum absolute atomic E-state index is 14.5. The lowest BCUT2D eigenvalue weighted by Crippen LogP contribution is -2.49. The zero-order valence-corrected chi connectivity index (χ0v) is 51.3. The predicted octanol–water partition coefficient (Wildman–Crippen LogP) is 5.33. The van der Waals surface area contributed by atoms with E-state index in [2.05, 4.69) is 16.0 Å². The maximum atomic E-state index is 14.5. The number of benzene rings is 4. The smallest absolute Gasteiger partial charge is 0.379 e. The first kappa shape index (κ1) is 67.4. The van der Waals surface area contributed by atoms with Gasteiger partial charge in [0.2, 0.25) is 29.5 Å². The summed E-state index contributed by atoms with van der Waals surface area (Å²) in [7, 11) is -2.66. The number of fused-ring (bicyclic) bond motifs is 1. The van der Waals surface area contributed by atoms with Gasteiger partial charge in [-0.3, -0.25) is 52.2 Å². The van der Waals surface area contributed by atoms with Crippen LogP contribution in [0.1, 0.15) is 115 Å². The van der Waals surface area contributed by atoms with E-state index in [4.69, 9.17) is 34.5 Å². The molecule has 1 aliphatic heterocycles. The molecule has 6 amide bonds. The number of aryl methyl sites for hydroxylation is 4. The number of Topliss-reactive ketones (excluding diaryl/α,β-unsaturated/α-hetero) is 1. The van der Waals surface area contributed by atoms with Crippen LogP contribution in [0.3, 0.4) is 0 Å². The molecule has 25 heteroatoms. The highest BCUT2D eigenvalue weighted by Crippen LogP contribution is 2.59. The number of hydrogen-bond donors (Lipinski definition) is 6. The van der Waals surface area contributed by atoms with E-state index >= 15 is 0 Å². The fourth-order valence-electron chi connectivity index (χ4n) is 11.7. The molecule has 8 rings (SSSR count). The third-order valence-electron chi connectivity index (χ3n) is 16.8. The largest absolute Gasteiger partial charge is 0.399 e. The molecule has 5 aromatic rings. The number of ether oxygens (including phenoxy) is 4. The molecule has 1 aromatic heterocycles. The van der Waals surface area contributed by atoms with Crippen molar-refractivity contribution in [1.29, 1.82) is 0 Å². The Hall–Kier alpha value is -7.57. The summed E-state index contributed by atoms with van der Waals surface area (Å²) in [5, 5.41) is 8.73. The van der Waals surface area contributed by atoms with E-state index in [9.17, 15) is 51.7 Å². The number of imide groups is 1. The lowest BCUT2D eigenvalue weighted by Gasteiger charge is -2.28. The number of allylic oxidation sites excluding steroid dienone is 1. The van der Waals surface area contributed by atoms with Crippen molar-refractivity contribution in [1.82, 2.24) is 30.0 Å². The van der Waals surface area contributed by atoms with Gasteiger partial charge in [-0.2, -0.15) is 8.78 Å². The second-order valence-corrected chi connectivity index (χ2v) is 24.6. The summed E-state index contributed by atoms with van der Waals surface area (Å²) in [5.41, 5.74) is 7.44. The normalized spacial score (nSPS) is 18.6. The number of alkyl halides is 2. The summed E-state index contributed by atoms with van der Waals surface area (Å²) >= 11 is 0. The van der Waals surface area contributed by atoms with Crippen molar-refractivity contribution >= 4 is 65.4 Å². The molecule has 2 heterocycles. The molecule has 22 nitrogen and oxygen atoms in total. The van der Waals surface area contributed by atoms with Gasteiger partial charge in [-0.25, -0.2) is 4.79 Å². The number of primary amides is 1. The Morgan fingerprint density at radius 1 is 0.820 bits per heavy atom. The van der Waals surface area contributed by atoms with Crippen LogP contribution in [0.4, 0.5) is 8.78 Å². The summed E-state index contributed by atoms with van der Waals surface area (Å²) in [5.74, 6) is -4.57. The number of nitrogens with two attached hydrogens (primary N) is 1. The van der Waals surface area contributed by atoms with E-state index in [1.54, 1.807) is 20.9 Å². The van der Waals surface area contributed by atoms with Gasteiger partial charge in [0.05, 0.1) is 74.1 Å². The SMILES string of the molecule is C/C(=C\C(=O)N[C@H]1CCc2cccc3c2C(C1=O)[C@H](C(=O)N[C@@H](CCC(N)=O)[C@@H](C)OCc1ccc(CCCNC(=O)COCCOCCOCCCc2ccc4c(c2)n(C)c(=O)n4C2CCC(=O)N(C)C2=O)cc1)C3)c1ccc(C(F)(F)P(=O)(O)O)cc1. The molecule has 478 valence electrons. The number of ketones is 1. The molecule has 1 fully saturated rings. The summed E-state index contributed by atoms with van der Waals surface area (Å²) in [4.78, 5) is 124. The van der Waals surface area contributed by atoms with E-state index in [-0.39, 0.29) is 87.5 Å². The van der Waals surface area contributed by atoms with Gasteiger partial charge in [0.15, 0.2) is 5.78 Å². The Morgan fingerprint density at radius 3 is 2.19 bits per heavy atom. The van der Waals surface area contributed by atoms with Crippen LogP contribution in [0, 0.1) is 5.92 Å². The van der Waals surface area contributed by atoms with Crippen LogP contribution < -0.4 is 27.4 Å². The van der Waals surface area contributed by atoms with Crippen molar-refractivity contribution in [2.45, 2.75) is 127 Å². The first-order valence-corrected chi connectivity index (χ1v) is 31.5. The molecule has 0 radical (unpaired) electrons. The van der Waals surface area contributed by atoms with E-state index in [1.807, 2.05) is 60.7 Å². The quantitative estimate of drug-likeness (QED) is 0.0141. The molecule has 4 aromatic carbocycles. The highest BCUT2D eigenvalue weighted by atomic mass is 31.2. The van der Waals surface area contributed by atoms with Gasteiger partial charge in [0.25, 0.3) is 5.91 Å². The van der Waals surface area contributed by atoms with E-state index in [0.717, 1.165) is 63.3 Å². The average Bonchev–Trinajstić information content (AvgIpc) is 1.68. The number of rotatable bonds is 31. The fourth-order valence-corrected chi connectivity index (χ4v) is 12.2. The maximum Gasteiger partial charge on any atom is 0.399 e. The molecule has 0 saturated carbocycles. The zero-order valence-electron chi connectivity index (χ0n) is 50.4. The Bertz CT molecular complexity index is 3550. The number of nitrogens with one attached hydrogen (secondary N) is 3. The Kier molecular flexibility index (Phi) is 22.9. The standard InChI is InChI=1S/C64H78F2N7O15P/c1-39(44-17-20-47(21-18-44)64(65,66)89(82,83)84)34-55(75)69-50-22-19-45-10-5-11-46-36-48(59(58(45)46)60(50)78)61(79)70-49(23-26-54(67)74)40(2)88-37-43-14-12-41(13-15-43)8-6-28-68-56(76)38-87-33-32-86-31-30-85-29-7-9-42-16-24-51-53(35-42)71(3)63(81)73(51)52-25-27-57(77)72(4)62(52)80/h5,10-18,20-21,24,34-35,40,48-50,52,59H,6-9,19,22-23,25-33,36-38H2,1-4H3,(H2,67,74)(H,68,76)(H,69,75)(H,70,79)(H2,82,83,84)/b39-34+/t40-,48-,49+,50+,52?,59?/m1/s1. The number of carbonyl (C=O) groups excluding carboxylic acids is 7. The number of piperidine rings is 1. The summed E-state index contributed by atoms with van der Waals surface area (Å²) < 4.78 is 66.0. The van der Waals surface area contributed by atoms with Gasteiger partial charge in [0, 0.05) is 51.7 Å². The highest BCUT2D eigenvalue weighted by molar-refractivity contribution is 7.52. The van der Waals surface area contributed by atoms with Crippen LogP contribution in [0.2, 0.25) is 0 Å². The molecule has 0 spiro atoms. The summed E-state index contributed by atoms with van der Waals surface area (Å²) in [6, 6.07) is 21.0. The van der Waals surface area contributed by atoms with Gasteiger partial charge < -0.3 is 50.4 Å². The van der Waals surface area contributed by atoms with Crippen LogP contribution in [-0.4, -0.2) is 136 Å². The average molecular weight is 1250 g/mol. The Balaban J connectivity index is 0.710. The number of halogens is 2. The molecule has 2 aliphatic carbocycles. The van der Waals surface area contributed by atoms with E-state index in [0.29, 0.717) is 74.4 Å². The van der Waals surface area contributed by atoms with Crippen LogP contribution in [0.5, 0.6) is 0 Å². The molecule has 89 heavy (non-hydrogen) atoms. The van der Waals surface area contributed by atoms with Gasteiger partial charge in [0.1, 0.15) is 12.6 Å². The van der Waals surface area contributed by atoms with E-state index in [1.165, 1.54) is 34.4 Å². The zero-order chi connectivity index (χ0) is 64.2. The van der Waals surface area contributed by atoms with Crippen LogP contribution in [-0.2, 0) is 102 Å². The second-order valence-electron chi connectivity index (χ2n) is 22.9. The van der Waals surface area contributed by atoms with Gasteiger partial charge >= 0.3 is 18.9 Å². The van der Waals surface area contributed by atoms with Crippen molar-refractivity contribution in [3.05, 3.63) is 146 Å². The number of likely N-dealkylation sites (tertiary alicyclic amines) is 1. The molecule has 2 unspecified atom stereocenters. The molecule has 0 bridgehead atoms. The molecule has 3 aliphatic rings. The lowest BCUT2D eigenvalue weighted by atomic mass is 9.84. The minimum Gasteiger partial charge on any atom is -0.379 e. The Labute approximate surface area is 514 Å². The first-order valence-electron chi connectivity index (χ1n) is 29.9. The minimum atomic E-state index is -5.78. The van der Waals surface area contributed by atoms with Gasteiger partial charge in [-0.05, 0) is 128 Å². The molecule has 7 N–H and O–H groups in total. The lowest BCUT2D eigenvalue weighted by molar-refractivity contribution is -0.149. The van der Waals surface area contributed by atoms with Crippen molar-refractivity contribution in [3.8, 4) is 0 Å². The number of aromatic nitrogens is 2. The number of carbonyl (C=O) groups is 7. The molecule has 6 atom stereocenters. The molecule has 1 saturated heterocycles. The van der Waals surface area contributed by atoms with Gasteiger partial charge in [-0.1, -0.05) is 72.8 Å². The van der Waals surface area contributed by atoms with Crippen LogP contribution in [0.15, 0.2) is 95.8 Å². The highest BCUT2D eigenvalue weighted by Gasteiger charge is 2.50. The van der Waals surface area contributed by atoms with Crippen molar-refractivity contribution in [3.63, 3.8) is 0 Å². The van der Waals surface area contributed by atoms with Crippen LogP contribution >= 0.6 is 7.60 Å². The molecular weight excluding hydrogens is 1180 g/mol. The fraction of sp³-hybridized carbons (Fsp3) is 0.469. The van der Waals surface area contributed by atoms with Crippen LogP contribution in [0.25, 0.3) is 16.6 Å². The monoisotopic (exact) mass is 1250 g/mol. The Morgan fingerprint density at radius 2 is 1.48 bits per heavy atom. The number of amides is 6. The van der Waals surface area contributed by atoms with Crippen molar-refractivity contribution < 1.29 is 75.6 Å². The van der Waals surface area contributed by atoms with Crippen molar-refractivity contribution in [2.75, 3.05) is 53.2 Å². The summed E-state index contributed by atoms with van der Waals surface area (Å²) in [6.45, 7) is 5.65. The van der Waals surface area contributed by atoms with Gasteiger partial charge in [-0.15, -0.1) is 0 Å². The number of likely N-dealkylation sites (N-methyl/N-ethyl adjacent to an activating group) is 1. The third kappa shape index (κ3) is 16.8. The number of hydrogen-bond acceptors (Lipinski definition) is 13. The van der Waals surface area contributed by atoms with Crippen molar-refractivity contribution in [2.24, 2.45) is 18.7 Å². The molecular formula is C64H78F2N7O15P.